The largest absolute Gasteiger partial charge is 0.460 e. The van der Waals surface area contributed by atoms with Crippen LogP contribution in [0.5, 0.6) is 0 Å². The molecule has 8 saturated carbocycles. The molecule has 0 amide bonds. The molecule has 8 heterocycles. The predicted molar refractivity (Wildman–Crippen MR) is 298 cm³/mol. The van der Waals surface area contributed by atoms with Crippen molar-refractivity contribution in [2.24, 2.45) is 71.0 Å². The zero-order valence-corrected chi connectivity index (χ0v) is 50.1. The number of ether oxygens (including phenoxy) is 12. The average Bonchev–Trinajstić information content (AvgIpc) is 1.83. The molecule has 16 fully saturated rings. The van der Waals surface area contributed by atoms with Crippen molar-refractivity contribution in [3.63, 3.8) is 0 Å². The number of fused-ring (bicyclic) bond motifs is 4. The highest BCUT2D eigenvalue weighted by Crippen LogP contribution is 2.52. The molecule has 476 valence electrons. The van der Waals surface area contributed by atoms with Gasteiger partial charge in [-0.05, 0) is 160 Å². The average molecular weight is 1220 g/mol. The van der Waals surface area contributed by atoms with Crippen molar-refractivity contribution in [3.8, 4) is 0 Å². The third-order valence-corrected chi connectivity index (χ3v) is 19.1. The van der Waals surface area contributed by atoms with Gasteiger partial charge in [0.2, 0.25) is 0 Å². The molecular formula is C64H82O23. The number of hydrogen-bond acceptors (Lipinski definition) is 23. The van der Waals surface area contributed by atoms with Crippen LogP contribution in [-0.4, -0.2) is 148 Å². The van der Waals surface area contributed by atoms with Gasteiger partial charge in [0, 0.05) is 40.0 Å². The lowest BCUT2D eigenvalue weighted by Gasteiger charge is -2.41. The summed E-state index contributed by atoms with van der Waals surface area (Å²) in [5, 5.41) is 0. The van der Waals surface area contributed by atoms with Crippen LogP contribution in [0.15, 0.2) is 48.6 Å². The summed E-state index contributed by atoms with van der Waals surface area (Å²) in [7, 11) is 0. The van der Waals surface area contributed by atoms with E-state index in [4.69, 9.17) is 52.1 Å². The molecule has 23 nitrogen and oxygen atoms in total. The quantitative estimate of drug-likeness (QED) is 0.0699. The molecule has 8 aliphatic heterocycles. The first-order valence-electron chi connectivity index (χ1n) is 30.7. The first kappa shape index (κ1) is 64.6. The minimum Gasteiger partial charge on any atom is -0.460 e. The summed E-state index contributed by atoms with van der Waals surface area (Å²) in [6, 6.07) is 0. The maximum absolute atomic E-state index is 12.0. The Morgan fingerprint density at radius 3 is 1.00 bits per heavy atom. The lowest BCUT2D eigenvalue weighted by molar-refractivity contribution is -0.179. The standard InChI is InChI=1S/C18H22O8.C16H20O6.C16H22O5.C14H18O4/c1-9(2)17(21)24-7-14(19)23-8-15(20)26-16-11-3-10-4-12(6-11)18(22)25-13(16)5-10;1-8(2)15(18)20-7-13(17)22-14-10-3-9-4-11(6-10)16(19)21-12(14)5-9;1-9(2)15(17)20-4-3-19-14-11-5-10-6-12(8-11)16(18)21-13(14)7-10;1-7(2)13(15)18-12-9-3-8-4-10(6-9)14(16)17-11(12)5-8/h10-13,16H,1,3-8H2,2H3;9-12,14H,1,3-7H2,2H3;10-14H,1,3-8H2,2H3;8-12H,1,3-6H2,2H3. The number of hydrogen-bond donors (Lipinski definition) is 0. The number of rotatable bonds is 17. The molecule has 16 aliphatic rings. The van der Waals surface area contributed by atoms with Crippen LogP contribution in [-0.2, 0) is 110 Å². The SMILES string of the molecule is C=C(C)C(=O)OC1C2CC3CC(C2)C(=O)OC1C3.C=C(C)C(=O)OCC(=O)OC1C2CC3CC(C2)C(=O)OC1C3.C=C(C)C(=O)OCC(=O)OCC(=O)OC1C2CC3CC(C2)C(=O)OC1C3.C=C(C)C(=O)OCCOC1C2CC3CC(C2)C(=O)OC1C3. The fraction of sp³-hybridized carbons (Fsp3) is 0.703. The summed E-state index contributed by atoms with van der Waals surface area (Å²) < 4.78 is 63.5. The fourth-order valence-electron chi connectivity index (χ4n) is 15.5. The van der Waals surface area contributed by atoms with Crippen molar-refractivity contribution in [2.45, 2.75) is 179 Å². The van der Waals surface area contributed by atoms with Gasteiger partial charge in [-0.25, -0.2) is 33.6 Å². The third kappa shape index (κ3) is 16.1. The topological polar surface area (TPSA) is 299 Å². The molecule has 16 rings (SSSR count). The van der Waals surface area contributed by atoms with Crippen LogP contribution in [0.25, 0.3) is 0 Å². The maximum Gasteiger partial charge on any atom is 0.344 e. The van der Waals surface area contributed by atoms with Crippen LogP contribution in [0.1, 0.15) is 130 Å². The van der Waals surface area contributed by atoms with Crippen molar-refractivity contribution in [3.05, 3.63) is 48.6 Å². The molecule has 20 unspecified atom stereocenters. The van der Waals surface area contributed by atoms with Crippen LogP contribution in [0, 0.1) is 71.0 Å². The molecule has 0 radical (unpaired) electrons. The second-order valence-electron chi connectivity index (χ2n) is 26.1. The highest BCUT2D eigenvalue weighted by atomic mass is 16.6. The molecule has 0 aromatic carbocycles. The van der Waals surface area contributed by atoms with Gasteiger partial charge in [0.1, 0.15) is 49.3 Å². The van der Waals surface area contributed by atoms with E-state index in [1.807, 2.05) is 0 Å². The molecule has 16 bridgehead atoms. The Kier molecular flexibility index (Phi) is 20.8. The van der Waals surface area contributed by atoms with Gasteiger partial charge in [-0.2, -0.15) is 0 Å². The monoisotopic (exact) mass is 1220 g/mol. The Labute approximate surface area is 505 Å². The Hall–Kier alpha value is -6.91. The van der Waals surface area contributed by atoms with Crippen LogP contribution >= 0.6 is 0 Å². The molecule has 0 aromatic rings. The van der Waals surface area contributed by atoms with E-state index >= 15 is 0 Å². The van der Waals surface area contributed by atoms with Crippen molar-refractivity contribution in [2.75, 3.05) is 33.0 Å². The molecule has 0 aromatic heterocycles. The van der Waals surface area contributed by atoms with Crippen LogP contribution in [0.2, 0.25) is 0 Å². The van der Waals surface area contributed by atoms with Crippen molar-refractivity contribution in [1.82, 2.24) is 0 Å². The van der Waals surface area contributed by atoms with E-state index in [1.165, 1.54) is 13.8 Å². The molecule has 0 N–H and O–H groups in total. The number of carbonyl (C=O) groups is 11. The fourth-order valence-corrected chi connectivity index (χ4v) is 15.5. The summed E-state index contributed by atoms with van der Waals surface area (Å²) in [5.74, 6) is -1.84. The zero-order chi connectivity index (χ0) is 62.5. The summed E-state index contributed by atoms with van der Waals surface area (Å²) in [5.41, 5.74) is 1.17. The van der Waals surface area contributed by atoms with Crippen LogP contribution < -0.4 is 0 Å². The first-order chi connectivity index (χ1) is 41.3. The summed E-state index contributed by atoms with van der Waals surface area (Å²) >= 11 is 0. The lowest BCUT2D eigenvalue weighted by Crippen LogP contribution is -2.45. The molecule has 20 atom stereocenters. The van der Waals surface area contributed by atoms with Gasteiger partial charge < -0.3 is 56.8 Å². The van der Waals surface area contributed by atoms with Gasteiger partial charge in [0.15, 0.2) is 19.8 Å². The normalized spacial score (nSPS) is 35.9. The van der Waals surface area contributed by atoms with E-state index < -0.39 is 73.9 Å². The third-order valence-electron chi connectivity index (χ3n) is 19.1. The van der Waals surface area contributed by atoms with Gasteiger partial charge in [-0.1, -0.05) is 26.3 Å². The summed E-state index contributed by atoms with van der Waals surface area (Å²) in [6.45, 7) is 19.1. The Morgan fingerprint density at radius 1 is 0.345 bits per heavy atom. The van der Waals surface area contributed by atoms with Gasteiger partial charge in [0.05, 0.1) is 36.4 Å². The maximum atomic E-state index is 12.0. The molecule has 87 heavy (non-hydrogen) atoms. The van der Waals surface area contributed by atoms with Crippen LogP contribution in [0.3, 0.4) is 0 Å². The smallest absolute Gasteiger partial charge is 0.344 e. The van der Waals surface area contributed by atoms with Gasteiger partial charge >= 0.3 is 65.7 Å². The van der Waals surface area contributed by atoms with E-state index in [2.05, 4.69) is 31.1 Å². The Morgan fingerprint density at radius 2 is 0.644 bits per heavy atom. The van der Waals surface area contributed by atoms with Crippen molar-refractivity contribution in [1.29, 1.82) is 0 Å². The second-order valence-corrected chi connectivity index (χ2v) is 26.1. The molecule has 8 aliphatic carbocycles. The molecular weight excluding hydrogens is 1140 g/mol. The van der Waals surface area contributed by atoms with E-state index in [0.717, 1.165) is 89.9 Å². The van der Waals surface area contributed by atoms with Gasteiger partial charge in [-0.15, -0.1) is 0 Å². The van der Waals surface area contributed by atoms with E-state index in [1.54, 1.807) is 13.8 Å². The molecule has 8 saturated heterocycles. The molecule has 23 heteroatoms. The van der Waals surface area contributed by atoms with E-state index in [-0.39, 0.29) is 120 Å². The zero-order valence-electron chi connectivity index (χ0n) is 50.1. The van der Waals surface area contributed by atoms with Gasteiger partial charge in [0.25, 0.3) is 0 Å². The second kappa shape index (κ2) is 28.1. The summed E-state index contributed by atoms with van der Waals surface area (Å²) in [6.07, 6.45) is 11.7. The van der Waals surface area contributed by atoms with Crippen molar-refractivity contribution < 1.29 is 110 Å². The lowest BCUT2D eigenvalue weighted by atomic mass is 9.67. The number of carbonyl (C=O) groups excluding carboxylic acids is 11. The Balaban J connectivity index is 0.000000139. The predicted octanol–water partition coefficient (Wildman–Crippen LogP) is 5.99. The minimum atomic E-state index is -0.856. The highest BCUT2D eigenvalue weighted by Gasteiger charge is 2.55. The Bertz CT molecular complexity index is 2760. The first-order valence-corrected chi connectivity index (χ1v) is 30.7. The minimum absolute atomic E-state index is 0.0206. The van der Waals surface area contributed by atoms with Crippen molar-refractivity contribution >= 4 is 65.7 Å². The highest BCUT2D eigenvalue weighted by molar-refractivity contribution is 5.90. The molecule has 0 spiro atoms. The van der Waals surface area contributed by atoms with E-state index in [9.17, 15) is 52.7 Å². The number of esters is 11. The van der Waals surface area contributed by atoms with E-state index in [0.29, 0.717) is 60.2 Å². The van der Waals surface area contributed by atoms with Gasteiger partial charge in [-0.3, -0.25) is 19.2 Å². The van der Waals surface area contributed by atoms with Crippen LogP contribution in [0.4, 0.5) is 0 Å². The summed E-state index contributed by atoms with van der Waals surface area (Å²) in [4.78, 5) is 129.